The molecule has 0 aromatic carbocycles. The average Bonchev–Trinajstić information content (AvgIpc) is 2.99. The monoisotopic (exact) mass is 324 g/mol. The van der Waals surface area contributed by atoms with Gasteiger partial charge in [0.2, 0.25) is 11.1 Å². The van der Waals surface area contributed by atoms with Crippen molar-refractivity contribution in [2.75, 3.05) is 0 Å². The molecule has 2 rings (SSSR count). The lowest BCUT2D eigenvalue weighted by Crippen LogP contribution is -2.44. The summed E-state index contributed by atoms with van der Waals surface area (Å²) in [5.41, 5.74) is -0.227. The first kappa shape index (κ1) is 16.0. The van der Waals surface area contributed by atoms with Crippen molar-refractivity contribution in [2.24, 2.45) is 0 Å². The van der Waals surface area contributed by atoms with Crippen molar-refractivity contribution in [1.82, 2.24) is 20.5 Å². The highest BCUT2D eigenvalue weighted by Gasteiger charge is 2.21. The third-order valence-corrected chi connectivity index (χ3v) is 4.42. The maximum atomic E-state index is 12.0. The second kappa shape index (κ2) is 6.62. The Morgan fingerprint density at radius 3 is 2.90 bits per heavy atom. The molecule has 2 heterocycles. The number of aromatic amines is 1. The summed E-state index contributed by atoms with van der Waals surface area (Å²) in [6, 6.07) is 4.09. The normalized spacial score (nSPS) is 13.1. The zero-order valence-corrected chi connectivity index (χ0v) is 14.3. The fourth-order valence-corrected chi connectivity index (χ4v) is 3.12. The minimum atomic E-state index is -0.227. The van der Waals surface area contributed by atoms with Gasteiger partial charge in [-0.2, -0.15) is 0 Å². The topological polar surface area (TPSA) is 70.7 Å². The molecule has 0 aliphatic carbocycles. The van der Waals surface area contributed by atoms with Gasteiger partial charge in [-0.1, -0.05) is 17.8 Å². The molecule has 2 N–H and O–H groups in total. The predicted octanol–water partition coefficient (Wildman–Crippen LogP) is 2.85. The largest absolute Gasteiger partial charge is 0.351 e. The molecule has 0 aliphatic heterocycles. The molecule has 0 bridgehead atoms. The van der Waals surface area contributed by atoms with Gasteiger partial charge in [-0.15, -0.1) is 16.4 Å². The van der Waals surface area contributed by atoms with Crippen LogP contribution in [-0.2, 0) is 11.2 Å². The van der Waals surface area contributed by atoms with E-state index in [1.807, 2.05) is 39.1 Å². The molecule has 1 atom stereocenters. The van der Waals surface area contributed by atoms with E-state index in [1.165, 1.54) is 16.6 Å². The highest BCUT2D eigenvalue weighted by atomic mass is 32.2. The molecule has 5 nitrogen and oxygen atoms in total. The Balaban J connectivity index is 1.91. The third-order valence-electron chi connectivity index (χ3n) is 2.58. The van der Waals surface area contributed by atoms with E-state index >= 15 is 0 Å². The van der Waals surface area contributed by atoms with Crippen molar-refractivity contribution >= 4 is 29.0 Å². The van der Waals surface area contributed by atoms with Crippen molar-refractivity contribution in [3.63, 3.8) is 0 Å². The van der Waals surface area contributed by atoms with Crippen molar-refractivity contribution in [2.45, 2.75) is 50.1 Å². The first-order chi connectivity index (χ1) is 9.83. The van der Waals surface area contributed by atoms with Crippen LogP contribution in [0.5, 0.6) is 0 Å². The molecule has 7 heteroatoms. The number of thiophene rings is 1. The Morgan fingerprint density at radius 1 is 1.52 bits per heavy atom. The first-order valence-electron chi connectivity index (χ1n) is 6.76. The van der Waals surface area contributed by atoms with Crippen LogP contribution in [0, 0.1) is 0 Å². The minimum absolute atomic E-state index is 0.00268. The van der Waals surface area contributed by atoms with Crippen LogP contribution < -0.4 is 5.32 Å². The summed E-state index contributed by atoms with van der Waals surface area (Å²) in [5.74, 6) is 0.820. The Bertz CT molecular complexity index is 586. The number of nitrogens with zero attached hydrogens (tertiary/aromatic N) is 2. The summed E-state index contributed by atoms with van der Waals surface area (Å²) in [6.45, 7) is 7.76. The van der Waals surface area contributed by atoms with Crippen LogP contribution in [0.4, 0.5) is 0 Å². The summed E-state index contributed by atoms with van der Waals surface area (Å²) in [6.07, 6.45) is 0.744. The van der Waals surface area contributed by atoms with Gasteiger partial charge in [-0.05, 0) is 39.1 Å². The lowest BCUT2D eigenvalue weighted by molar-refractivity contribution is -0.121. The number of rotatable bonds is 5. The van der Waals surface area contributed by atoms with E-state index in [4.69, 9.17) is 0 Å². The molecular formula is C14H20N4OS2. The highest BCUT2D eigenvalue weighted by Crippen LogP contribution is 2.21. The van der Waals surface area contributed by atoms with Crippen LogP contribution in [0.15, 0.2) is 22.7 Å². The summed E-state index contributed by atoms with van der Waals surface area (Å²) in [7, 11) is 0. The maximum absolute atomic E-state index is 12.0. The Kier molecular flexibility index (Phi) is 5.05. The van der Waals surface area contributed by atoms with Gasteiger partial charge in [0.15, 0.2) is 0 Å². The van der Waals surface area contributed by atoms with Crippen molar-refractivity contribution in [3.8, 4) is 0 Å². The summed E-state index contributed by atoms with van der Waals surface area (Å²) in [5, 5.41) is 12.5. The second-order valence-corrected chi connectivity index (χ2v) is 8.16. The fraction of sp³-hybridized carbons (Fsp3) is 0.500. The minimum Gasteiger partial charge on any atom is -0.351 e. The number of H-pyrrole nitrogens is 1. The molecule has 0 spiro atoms. The van der Waals surface area contributed by atoms with Gasteiger partial charge >= 0.3 is 0 Å². The molecule has 2 aromatic heterocycles. The van der Waals surface area contributed by atoms with Crippen LogP contribution in [-0.4, -0.2) is 31.9 Å². The number of nitrogens with one attached hydrogen (secondary N) is 2. The van der Waals surface area contributed by atoms with E-state index in [2.05, 4.69) is 26.6 Å². The molecular weight excluding hydrogens is 304 g/mol. The van der Waals surface area contributed by atoms with Crippen LogP contribution in [0.1, 0.15) is 38.4 Å². The summed E-state index contributed by atoms with van der Waals surface area (Å²) in [4.78, 5) is 17.7. The second-order valence-electron chi connectivity index (χ2n) is 5.82. The lowest BCUT2D eigenvalue weighted by Gasteiger charge is -2.22. The van der Waals surface area contributed by atoms with Gasteiger partial charge in [-0.3, -0.25) is 9.89 Å². The van der Waals surface area contributed by atoms with Crippen molar-refractivity contribution in [3.05, 3.63) is 28.2 Å². The molecule has 1 unspecified atom stereocenters. The molecule has 0 fully saturated rings. The molecule has 2 aromatic rings. The lowest BCUT2D eigenvalue weighted by atomic mass is 10.1. The number of amides is 1. The number of thioether (sulfide) groups is 1. The standard InChI is InChI=1S/C14H20N4OS2/c1-9(12(19)16-14(2,3)4)21-13-15-11(17-18-13)8-10-6-5-7-20-10/h5-7,9H,8H2,1-4H3,(H,16,19)(H,15,17,18). The Hall–Kier alpha value is -1.34. The smallest absolute Gasteiger partial charge is 0.233 e. The van der Waals surface area contributed by atoms with Gasteiger partial charge < -0.3 is 5.32 Å². The zero-order valence-electron chi connectivity index (χ0n) is 12.6. The highest BCUT2D eigenvalue weighted by molar-refractivity contribution is 8.00. The Labute approximate surface area is 132 Å². The Morgan fingerprint density at radius 2 is 2.29 bits per heavy atom. The van der Waals surface area contributed by atoms with Crippen molar-refractivity contribution in [1.29, 1.82) is 0 Å². The number of aromatic nitrogens is 3. The van der Waals surface area contributed by atoms with Crippen LogP contribution in [0.3, 0.4) is 0 Å². The van der Waals surface area contributed by atoms with E-state index in [0.29, 0.717) is 5.16 Å². The predicted molar refractivity (Wildman–Crippen MR) is 86.7 cm³/mol. The molecule has 0 aliphatic rings. The van der Waals surface area contributed by atoms with Crippen molar-refractivity contribution < 1.29 is 4.79 Å². The number of carbonyl (C=O) groups excluding carboxylic acids is 1. The van der Waals surface area contributed by atoms with Crippen LogP contribution >= 0.6 is 23.1 Å². The van der Waals surface area contributed by atoms with E-state index in [0.717, 1.165) is 12.2 Å². The molecule has 1 amide bonds. The fourth-order valence-electron chi connectivity index (χ4n) is 1.67. The van der Waals surface area contributed by atoms with Crippen LogP contribution in [0.25, 0.3) is 0 Å². The molecule has 21 heavy (non-hydrogen) atoms. The summed E-state index contributed by atoms with van der Waals surface area (Å²) < 4.78 is 0. The molecule has 0 saturated heterocycles. The van der Waals surface area contributed by atoms with Gasteiger partial charge in [-0.25, -0.2) is 4.98 Å². The van der Waals surface area contributed by atoms with Crippen LogP contribution in [0.2, 0.25) is 0 Å². The van der Waals surface area contributed by atoms with E-state index < -0.39 is 0 Å². The number of hydrogen-bond acceptors (Lipinski definition) is 5. The van der Waals surface area contributed by atoms with Gasteiger partial charge in [0.1, 0.15) is 5.82 Å². The quantitative estimate of drug-likeness (QED) is 0.830. The molecule has 0 saturated carbocycles. The van der Waals surface area contributed by atoms with Gasteiger partial charge in [0.05, 0.1) is 5.25 Å². The first-order valence-corrected chi connectivity index (χ1v) is 8.52. The maximum Gasteiger partial charge on any atom is 0.233 e. The van der Waals surface area contributed by atoms with Gasteiger partial charge in [0.25, 0.3) is 0 Å². The van der Waals surface area contributed by atoms with E-state index in [-0.39, 0.29) is 16.7 Å². The molecule has 0 radical (unpaired) electrons. The van der Waals surface area contributed by atoms with E-state index in [1.54, 1.807) is 11.3 Å². The number of carbonyl (C=O) groups is 1. The number of hydrogen-bond donors (Lipinski definition) is 2. The third kappa shape index (κ3) is 5.17. The summed E-state index contributed by atoms with van der Waals surface area (Å²) >= 11 is 3.06. The SMILES string of the molecule is CC(Sc1n[nH]c(Cc2cccs2)n1)C(=O)NC(C)(C)C. The zero-order chi connectivity index (χ0) is 15.5. The van der Waals surface area contributed by atoms with Gasteiger partial charge in [0, 0.05) is 16.8 Å². The van der Waals surface area contributed by atoms with E-state index in [9.17, 15) is 4.79 Å². The average molecular weight is 324 g/mol. The molecule has 114 valence electrons.